The number of hydrogen-bond acceptors (Lipinski definition) is 1. The molecule has 0 N–H and O–H groups in total. The molecule has 0 saturated carbocycles. The standard InChI is InChI=1S/C12H13BrF3NO/c1-2-17(8-7-12(14,15)16)11(18)9-3-5-10(13)6-4-9/h3-6H,2,7-8H2,1H3. The molecule has 0 aliphatic rings. The number of carbonyl (C=O) groups excluding carboxylic acids is 1. The predicted molar refractivity (Wildman–Crippen MR) is 66.4 cm³/mol. The van der Waals surface area contributed by atoms with Gasteiger partial charge >= 0.3 is 6.18 Å². The molecule has 1 aromatic carbocycles. The van der Waals surface area contributed by atoms with Gasteiger partial charge in [-0.3, -0.25) is 4.79 Å². The van der Waals surface area contributed by atoms with Crippen molar-refractivity contribution in [3.63, 3.8) is 0 Å². The second kappa shape index (κ2) is 6.22. The first-order chi connectivity index (χ1) is 8.33. The van der Waals surface area contributed by atoms with Crippen LogP contribution in [-0.2, 0) is 0 Å². The Morgan fingerprint density at radius 3 is 2.28 bits per heavy atom. The van der Waals surface area contributed by atoms with Gasteiger partial charge in [0, 0.05) is 23.1 Å². The molecule has 1 amide bonds. The number of hydrogen-bond donors (Lipinski definition) is 0. The summed E-state index contributed by atoms with van der Waals surface area (Å²) in [5.41, 5.74) is 0.391. The second-order valence-electron chi connectivity index (χ2n) is 3.76. The molecule has 0 atom stereocenters. The molecule has 0 heterocycles. The van der Waals surface area contributed by atoms with Crippen LogP contribution in [0.25, 0.3) is 0 Å². The van der Waals surface area contributed by atoms with Gasteiger partial charge in [-0.15, -0.1) is 0 Å². The third-order valence-electron chi connectivity index (χ3n) is 2.43. The number of benzene rings is 1. The Kier molecular flexibility index (Phi) is 5.19. The van der Waals surface area contributed by atoms with Crippen LogP contribution in [0, 0.1) is 0 Å². The highest BCUT2D eigenvalue weighted by Crippen LogP contribution is 2.20. The van der Waals surface area contributed by atoms with Gasteiger partial charge in [0.25, 0.3) is 5.91 Å². The zero-order valence-electron chi connectivity index (χ0n) is 9.80. The van der Waals surface area contributed by atoms with Gasteiger partial charge in [-0.05, 0) is 31.2 Å². The highest BCUT2D eigenvalue weighted by Gasteiger charge is 2.28. The first-order valence-corrected chi connectivity index (χ1v) is 6.24. The Hall–Kier alpha value is -1.04. The van der Waals surface area contributed by atoms with Crippen molar-refractivity contribution in [3.8, 4) is 0 Å². The Balaban J connectivity index is 2.70. The van der Waals surface area contributed by atoms with Crippen molar-refractivity contribution in [2.24, 2.45) is 0 Å². The lowest BCUT2D eigenvalue weighted by Gasteiger charge is -2.21. The number of alkyl halides is 3. The van der Waals surface area contributed by atoms with Gasteiger partial charge in [-0.25, -0.2) is 0 Å². The first-order valence-electron chi connectivity index (χ1n) is 5.45. The maximum absolute atomic E-state index is 12.1. The van der Waals surface area contributed by atoms with Crippen LogP contribution in [-0.4, -0.2) is 30.1 Å². The van der Waals surface area contributed by atoms with E-state index in [-0.39, 0.29) is 19.0 Å². The van der Waals surface area contributed by atoms with Gasteiger partial charge in [-0.1, -0.05) is 15.9 Å². The van der Waals surface area contributed by atoms with Crippen molar-refractivity contribution in [3.05, 3.63) is 34.3 Å². The Morgan fingerprint density at radius 2 is 1.83 bits per heavy atom. The topological polar surface area (TPSA) is 20.3 Å². The van der Waals surface area contributed by atoms with Gasteiger partial charge in [0.2, 0.25) is 0 Å². The van der Waals surface area contributed by atoms with Gasteiger partial charge in [0.1, 0.15) is 0 Å². The SMILES string of the molecule is CCN(CCC(F)(F)F)C(=O)c1ccc(Br)cc1. The molecule has 6 heteroatoms. The van der Waals surface area contributed by atoms with Crippen LogP contribution in [0.15, 0.2) is 28.7 Å². The molecule has 0 fully saturated rings. The highest BCUT2D eigenvalue weighted by molar-refractivity contribution is 9.10. The molecule has 1 rings (SSSR count). The molecule has 0 radical (unpaired) electrons. The van der Waals surface area contributed by atoms with Crippen molar-refractivity contribution in [1.82, 2.24) is 4.90 Å². The number of amides is 1. The molecule has 0 saturated heterocycles. The Bertz CT molecular complexity index is 403. The van der Waals surface area contributed by atoms with Gasteiger partial charge in [-0.2, -0.15) is 13.2 Å². The van der Waals surface area contributed by atoms with Gasteiger partial charge < -0.3 is 4.90 Å². The van der Waals surface area contributed by atoms with E-state index in [2.05, 4.69) is 15.9 Å². The molecule has 1 aromatic rings. The predicted octanol–water partition coefficient (Wildman–Crippen LogP) is 3.86. The Morgan fingerprint density at radius 1 is 1.28 bits per heavy atom. The summed E-state index contributed by atoms with van der Waals surface area (Å²) in [5.74, 6) is -0.380. The third-order valence-corrected chi connectivity index (χ3v) is 2.95. The van der Waals surface area contributed by atoms with Crippen LogP contribution < -0.4 is 0 Å². The molecule has 2 nitrogen and oxygen atoms in total. The normalized spacial score (nSPS) is 11.4. The average Bonchev–Trinajstić information content (AvgIpc) is 2.29. The van der Waals surface area contributed by atoms with E-state index in [1.807, 2.05) is 0 Å². The molecule has 100 valence electrons. The molecule has 0 aliphatic carbocycles. The van der Waals surface area contributed by atoms with Crippen molar-refractivity contribution < 1.29 is 18.0 Å². The fraction of sp³-hybridized carbons (Fsp3) is 0.417. The summed E-state index contributed by atoms with van der Waals surface area (Å²) in [6.07, 6.45) is -5.23. The van der Waals surface area contributed by atoms with Crippen molar-refractivity contribution >= 4 is 21.8 Å². The van der Waals surface area contributed by atoms with E-state index < -0.39 is 12.6 Å². The summed E-state index contributed by atoms with van der Waals surface area (Å²) < 4.78 is 37.2. The number of rotatable bonds is 4. The lowest BCUT2D eigenvalue weighted by atomic mass is 10.2. The molecule has 18 heavy (non-hydrogen) atoms. The minimum atomic E-state index is -4.24. The summed E-state index contributed by atoms with van der Waals surface area (Å²) in [6, 6.07) is 6.54. The van der Waals surface area contributed by atoms with Crippen LogP contribution in [0.2, 0.25) is 0 Å². The van der Waals surface area contributed by atoms with Crippen molar-refractivity contribution in [2.45, 2.75) is 19.5 Å². The van der Waals surface area contributed by atoms with Crippen molar-refractivity contribution in [2.75, 3.05) is 13.1 Å². The largest absolute Gasteiger partial charge is 0.390 e. The van der Waals surface area contributed by atoms with Crippen LogP contribution in [0.3, 0.4) is 0 Å². The monoisotopic (exact) mass is 323 g/mol. The molecule has 0 aromatic heterocycles. The van der Waals surface area contributed by atoms with Crippen LogP contribution in [0.1, 0.15) is 23.7 Å². The van der Waals surface area contributed by atoms with E-state index in [0.717, 1.165) is 4.47 Å². The maximum atomic E-state index is 12.1. The summed E-state index contributed by atoms with van der Waals surface area (Å²) in [4.78, 5) is 13.1. The average molecular weight is 324 g/mol. The molecule has 0 unspecified atom stereocenters. The zero-order chi connectivity index (χ0) is 13.8. The fourth-order valence-electron chi connectivity index (χ4n) is 1.44. The fourth-order valence-corrected chi connectivity index (χ4v) is 1.70. The summed E-state index contributed by atoms with van der Waals surface area (Å²) >= 11 is 3.23. The number of nitrogens with zero attached hydrogens (tertiary/aromatic N) is 1. The van der Waals surface area contributed by atoms with Crippen LogP contribution >= 0.6 is 15.9 Å². The lowest BCUT2D eigenvalue weighted by molar-refractivity contribution is -0.136. The molecule has 0 aliphatic heterocycles. The highest BCUT2D eigenvalue weighted by atomic mass is 79.9. The summed E-state index contributed by atoms with van der Waals surface area (Å²) in [7, 11) is 0. The molecular weight excluding hydrogens is 311 g/mol. The van der Waals surface area contributed by atoms with Gasteiger partial charge in [0.15, 0.2) is 0 Å². The van der Waals surface area contributed by atoms with E-state index in [4.69, 9.17) is 0 Å². The lowest BCUT2D eigenvalue weighted by Crippen LogP contribution is -2.34. The van der Waals surface area contributed by atoms with E-state index in [0.29, 0.717) is 5.56 Å². The Labute approximate surface area is 112 Å². The third kappa shape index (κ3) is 4.68. The second-order valence-corrected chi connectivity index (χ2v) is 4.67. The first kappa shape index (κ1) is 15.0. The summed E-state index contributed by atoms with van der Waals surface area (Å²) in [5, 5.41) is 0. The van der Waals surface area contributed by atoms with Gasteiger partial charge in [0.05, 0.1) is 6.42 Å². The molecule has 0 bridgehead atoms. The minimum absolute atomic E-state index is 0.255. The van der Waals surface area contributed by atoms with Crippen LogP contribution in [0.4, 0.5) is 13.2 Å². The van der Waals surface area contributed by atoms with E-state index in [1.54, 1.807) is 31.2 Å². The number of carbonyl (C=O) groups is 1. The number of halogens is 4. The molecule has 0 spiro atoms. The van der Waals surface area contributed by atoms with E-state index in [9.17, 15) is 18.0 Å². The van der Waals surface area contributed by atoms with E-state index >= 15 is 0 Å². The van der Waals surface area contributed by atoms with E-state index in [1.165, 1.54) is 4.90 Å². The zero-order valence-corrected chi connectivity index (χ0v) is 11.4. The summed E-state index contributed by atoms with van der Waals surface area (Å²) in [6.45, 7) is 1.60. The minimum Gasteiger partial charge on any atom is -0.339 e. The quantitative estimate of drug-likeness (QED) is 0.823. The molecular formula is C12H13BrF3NO. The van der Waals surface area contributed by atoms with Crippen molar-refractivity contribution in [1.29, 1.82) is 0 Å². The van der Waals surface area contributed by atoms with Crippen LogP contribution in [0.5, 0.6) is 0 Å². The maximum Gasteiger partial charge on any atom is 0.390 e. The smallest absolute Gasteiger partial charge is 0.339 e.